The molecular weight excluding hydrogens is 372 g/mol. The second-order valence-corrected chi connectivity index (χ2v) is 9.43. The summed E-state index contributed by atoms with van der Waals surface area (Å²) in [4.78, 5) is 8.84. The molecule has 0 aliphatic carbocycles. The van der Waals surface area contributed by atoms with Crippen LogP contribution in [0.25, 0.3) is 0 Å². The first-order valence-corrected chi connectivity index (χ1v) is 10.6. The zero-order chi connectivity index (χ0) is 19.1. The SMILES string of the molecule is Cc1nc(N)c(Cl)c(N[C@H](c2ccc3c(c2)S(=O)(=O)CCC3)C(C)C)n1. The molecule has 1 aromatic heterocycles. The van der Waals surface area contributed by atoms with Gasteiger partial charge in [-0.1, -0.05) is 37.6 Å². The van der Waals surface area contributed by atoms with Gasteiger partial charge in [-0.25, -0.2) is 18.4 Å². The molecule has 0 amide bonds. The predicted molar refractivity (Wildman–Crippen MR) is 104 cm³/mol. The fraction of sp³-hybridized carbons (Fsp3) is 0.444. The Morgan fingerprint density at radius 1 is 1.27 bits per heavy atom. The molecule has 0 unspecified atom stereocenters. The maximum atomic E-state index is 12.4. The molecular formula is C18H23ClN4O2S. The highest BCUT2D eigenvalue weighted by atomic mass is 35.5. The van der Waals surface area contributed by atoms with Gasteiger partial charge in [-0.05, 0) is 42.9 Å². The number of hydrogen-bond acceptors (Lipinski definition) is 6. The molecule has 0 radical (unpaired) electrons. The smallest absolute Gasteiger partial charge is 0.178 e. The Morgan fingerprint density at radius 2 is 2.00 bits per heavy atom. The van der Waals surface area contributed by atoms with E-state index in [2.05, 4.69) is 29.1 Å². The van der Waals surface area contributed by atoms with Crippen LogP contribution in [-0.2, 0) is 16.3 Å². The maximum Gasteiger partial charge on any atom is 0.178 e. The van der Waals surface area contributed by atoms with Gasteiger partial charge in [0.2, 0.25) is 0 Å². The topological polar surface area (TPSA) is 98.0 Å². The average molecular weight is 395 g/mol. The third-order valence-electron chi connectivity index (χ3n) is 4.59. The second-order valence-electron chi connectivity index (χ2n) is 6.97. The van der Waals surface area contributed by atoms with Crippen molar-refractivity contribution in [3.05, 3.63) is 40.2 Å². The van der Waals surface area contributed by atoms with Crippen molar-refractivity contribution in [2.45, 2.75) is 44.6 Å². The molecule has 3 rings (SSSR count). The Labute approximate surface area is 159 Å². The van der Waals surface area contributed by atoms with Crippen LogP contribution in [0.3, 0.4) is 0 Å². The lowest BCUT2D eigenvalue weighted by atomic mass is 9.94. The number of aromatic nitrogens is 2. The van der Waals surface area contributed by atoms with Crippen LogP contribution in [0.4, 0.5) is 11.6 Å². The maximum absolute atomic E-state index is 12.4. The molecule has 140 valence electrons. The number of anilines is 2. The summed E-state index contributed by atoms with van der Waals surface area (Å²) in [7, 11) is -3.22. The summed E-state index contributed by atoms with van der Waals surface area (Å²) in [6, 6.07) is 5.51. The Kier molecular flexibility index (Phi) is 5.12. The monoisotopic (exact) mass is 394 g/mol. The average Bonchev–Trinajstić information content (AvgIpc) is 2.56. The van der Waals surface area contributed by atoms with E-state index in [0.717, 1.165) is 17.5 Å². The summed E-state index contributed by atoms with van der Waals surface area (Å²) >= 11 is 6.25. The highest BCUT2D eigenvalue weighted by molar-refractivity contribution is 7.91. The molecule has 8 heteroatoms. The van der Waals surface area contributed by atoms with Crippen LogP contribution in [0.2, 0.25) is 5.02 Å². The van der Waals surface area contributed by atoms with Gasteiger partial charge in [0, 0.05) is 0 Å². The molecule has 0 saturated heterocycles. The molecule has 0 spiro atoms. The fourth-order valence-electron chi connectivity index (χ4n) is 3.28. The van der Waals surface area contributed by atoms with Crippen LogP contribution in [0, 0.1) is 12.8 Å². The van der Waals surface area contributed by atoms with Crippen molar-refractivity contribution in [1.29, 1.82) is 0 Å². The highest BCUT2D eigenvalue weighted by Crippen LogP contribution is 2.34. The largest absolute Gasteiger partial charge is 0.382 e. The normalized spacial score (nSPS) is 17.0. The van der Waals surface area contributed by atoms with Crippen molar-refractivity contribution in [1.82, 2.24) is 9.97 Å². The number of nitrogen functional groups attached to an aromatic ring is 1. The Hall–Kier alpha value is -1.86. The van der Waals surface area contributed by atoms with Crippen LogP contribution in [0.15, 0.2) is 23.1 Å². The van der Waals surface area contributed by atoms with Crippen molar-refractivity contribution in [2.24, 2.45) is 5.92 Å². The summed E-state index contributed by atoms with van der Waals surface area (Å²) in [6.45, 7) is 5.85. The molecule has 1 aliphatic heterocycles. The van der Waals surface area contributed by atoms with E-state index in [1.807, 2.05) is 12.1 Å². The molecule has 2 aromatic rings. The van der Waals surface area contributed by atoms with Crippen molar-refractivity contribution in [3.8, 4) is 0 Å². The molecule has 0 fully saturated rings. The molecule has 6 nitrogen and oxygen atoms in total. The first-order valence-electron chi connectivity index (χ1n) is 8.61. The van der Waals surface area contributed by atoms with Gasteiger partial charge in [0.25, 0.3) is 0 Å². The molecule has 1 aliphatic rings. The number of benzene rings is 1. The molecule has 2 heterocycles. The number of rotatable bonds is 4. The van der Waals surface area contributed by atoms with Gasteiger partial charge in [0.05, 0.1) is 16.7 Å². The summed E-state index contributed by atoms with van der Waals surface area (Å²) in [5, 5.41) is 3.59. The van der Waals surface area contributed by atoms with Crippen LogP contribution >= 0.6 is 11.6 Å². The first kappa shape index (κ1) is 18.9. The molecule has 0 bridgehead atoms. The van der Waals surface area contributed by atoms with Gasteiger partial charge in [0.1, 0.15) is 16.7 Å². The summed E-state index contributed by atoms with van der Waals surface area (Å²) in [5.41, 5.74) is 7.61. The quantitative estimate of drug-likeness (QED) is 0.822. The molecule has 26 heavy (non-hydrogen) atoms. The van der Waals surface area contributed by atoms with E-state index in [4.69, 9.17) is 17.3 Å². The Bertz CT molecular complexity index is 944. The van der Waals surface area contributed by atoms with Gasteiger partial charge in [-0.15, -0.1) is 0 Å². The fourth-order valence-corrected chi connectivity index (χ4v) is 5.05. The molecule has 0 saturated carbocycles. The van der Waals surface area contributed by atoms with E-state index in [-0.39, 0.29) is 28.6 Å². The minimum absolute atomic E-state index is 0.163. The number of nitrogens with one attached hydrogen (secondary N) is 1. The lowest BCUT2D eigenvalue weighted by Gasteiger charge is -2.26. The van der Waals surface area contributed by atoms with Crippen LogP contribution in [0.5, 0.6) is 0 Å². The van der Waals surface area contributed by atoms with Gasteiger partial charge < -0.3 is 11.1 Å². The van der Waals surface area contributed by atoms with E-state index < -0.39 is 9.84 Å². The second kappa shape index (κ2) is 7.04. The predicted octanol–water partition coefficient (Wildman–Crippen LogP) is 3.55. The third kappa shape index (κ3) is 3.64. The van der Waals surface area contributed by atoms with Gasteiger partial charge >= 0.3 is 0 Å². The van der Waals surface area contributed by atoms with Crippen molar-refractivity contribution in [2.75, 3.05) is 16.8 Å². The van der Waals surface area contributed by atoms with Crippen molar-refractivity contribution in [3.63, 3.8) is 0 Å². The third-order valence-corrected chi connectivity index (χ3v) is 6.84. The summed E-state index contributed by atoms with van der Waals surface area (Å²) < 4.78 is 24.9. The summed E-state index contributed by atoms with van der Waals surface area (Å²) in [5.74, 6) is 1.57. The van der Waals surface area contributed by atoms with Gasteiger partial charge in [-0.2, -0.15) is 0 Å². The van der Waals surface area contributed by atoms with E-state index in [9.17, 15) is 8.42 Å². The van der Waals surface area contributed by atoms with E-state index in [1.165, 1.54) is 0 Å². The molecule has 1 aromatic carbocycles. The zero-order valence-corrected chi connectivity index (χ0v) is 16.7. The van der Waals surface area contributed by atoms with E-state index in [1.54, 1.807) is 13.0 Å². The molecule has 1 atom stereocenters. The Balaban J connectivity index is 2.02. The number of fused-ring (bicyclic) bond motifs is 1. The molecule has 3 N–H and O–H groups in total. The lowest BCUT2D eigenvalue weighted by Crippen LogP contribution is -2.21. The lowest BCUT2D eigenvalue weighted by molar-refractivity contribution is 0.542. The number of nitrogens with zero attached hydrogens (tertiary/aromatic N) is 2. The number of aryl methyl sites for hydroxylation is 2. The van der Waals surface area contributed by atoms with Crippen LogP contribution < -0.4 is 11.1 Å². The standard InChI is InChI=1S/C18H23ClN4O2S/c1-10(2)16(23-18-15(19)17(20)21-11(3)22-18)13-7-6-12-5-4-8-26(24,25)14(12)9-13/h6-7,9-10,16H,4-5,8H2,1-3H3,(H3,20,21,22,23)/t16-/m0/s1. The van der Waals surface area contributed by atoms with E-state index >= 15 is 0 Å². The summed E-state index contributed by atoms with van der Waals surface area (Å²) in [6.07, 6.45) is 1.47. The first-order chi connectivity index (χ1) is 12.2. The number of halogens is 1. The Morgan fingerprint density at radius 3 is 2.69 bits per heavy atom. The number of nitrogens with two attached hydrogens (primary N) is 1. The number of hydrogen-bond donors (Lipinski definition) is 2. The highest BCUT2D eigenvalue weighted by Gasteiger charge is 2.26. The zero-order valence-electron chi connectivity index (χ0n) is 15.1. The number of sulfone groups is 1. The van der Waals surface area contributed by atoms with Gasteiger partial charge in [0.15, 0.2) is 15.7 Å². The van der Waals surface area contributed by atoms with Crippen molar-refractivity contribution < 1.29 is 8.42 Å². The van der Waals surface area contributed by atoms with E-state index in [0.29, 0.717) is 23.0 Å². The van der Waals surface area contributed by atoms with Crippen LogP contribution in [-0.4, -0.2) is 24.1 Å². The van der Waals surface area contributed by atoms with Crippen LogP contribution in [0.1, 0.15) is 43.3 Å². The minimum Gasteiger partial charge on any atom is -0.382 e. The van der Waals surface area contributed by atoms with Crippen molar-refractivity contribution >= 4 is 33.1 Å². The minimum atomic E-state index is -3.22. The van der Waals surface area contributed by atoms with Gasteiger partial charge in [-0.3, -0.25) is 0 Å².